The molecule has 1 atom stereocenters. The summed E-state index contributed by atoms with van der Waals surface area (Å²) in [5.41, 5.74) is 0. The third kappa shape index (κ3) is 3.69. The first kappa shape index (κ1) is 12.8. The molecule has 1 aromatic rings. The molecule has 1 heterocycles. The maximum absolute atomic E-state index is 11.5. The van der Waals surface area contributed by atoms with Crippen LogP contribution in [0, 0.1) is 0 Å². The minimum Gasteiger partial charge on any atom is -0.358 e. The summed E-state index contributed by atoms with van der Waals surface area (Å²) < 4.78 is 0. The van der Waals surface area contributed by atoms with E-state index in [1.165, 1.54) is 18.1 Å². The molecule has 0 aliphatic heterocycles. The first-order chi connectivity index (χ1) is 7.67. The SMILES string of the molecule is CCNC(=O)C(C)Nc1cc(SC)ncn1. The van der Waals surface area contributed by atoms with Crippen molar-refractivity contribution >= 4 is 23.5 Å². The van der Waals surface area contributed by atoms with Gasteiger partial charge < -0.3 is 10.6 Å². The van der Waals surface area contributed by atoms with Crippen molar-refractivity contribution in [1.29, 1.82) is 0 Å². The fourth-order valence-corrected chi connectivity index (χ4v) is 1.53. The quantitative estimate of drug-likeness (QED) is 0.596. The lowest BCUT2D eigenvalue weighted by Gasteiger charge is -2.13. The van der Waals surface area contributed by atoms with Gasteiger partial charge >= 0.3 is 0 Å². The van der Waals surface area contributed by atoms with E-state index in [4.69, 9.17) is 0 Å². The van der Waals surface area contributed by atoms with E-state index in [0.717, 1.165) is 5.03 Å². The van der Waals surface area contributed by atoms with Crippen LogP contribution in [0.25, 0.3) is 0 Å². The average molecular weight is 240 g/mol. The number of amides is 1. The smallest absolute Gasteiger partial charge is 0.242 e. The van der Waals surface area contributed by atoms with E-state index in [0.29, 0.717) is 12.4 Å². The van der Waals surface area contributed by atoms with Gasteiger partial charge in [0.05, 0.1) is 0 Å². The summed E-state index contributed by atoms with van der Waals surface area (Å²) in [6.07, 6.45) is 3.43. The van der Waals surface area contributed by atoms with Crippen LogP contribution in [0.15, 0.2) is 17.4 Å². The van der Waals surface area contributed by atoms with Gasteiger partial charge in [0.15, 0.2) is 0 Å². The fraction of sp³-hybridized carbons (Fsp3) is 0.500. The maximum atomic E-state index is 11.5. The number of thioether (sulfide) groups is 1. The highest BCUT2D eigenvalue weighted by Crippen LogP contribution is 2.14. The minimum atomic E-state index is -0.301. The molecule has 0 fully saturated rings. The van der Waals surface area contributed by atoms with Crippen molar-refractivity contribution in [3.63, 3.8) is 0 Å². The molecule has 16 heavy (non-hydrogen) atoms. The Balaban J connectivity index is 2.61. The Kier molecular flexibility index (Phi) is 5.04. The molecule has 0 spiro atoms. The van der Waals surface area contributed by atoms with Gasteiger partial charge in [-0.15, -0.1) is 11.8 Å². The molecular formula is C10H16N4OS. The van der Waals surface area contributed by atoms with Crippen LogP contribution < -0.4 is 10.6 Å². The number of anilines is 1. The second-order valence-corrected chi connectivity index (χ2v) is 4.03. The molecule has 6 heteroatoms. The van der Waals surface area contributed by atoms with Crippen molar-refractivity contribution in [3.8, 4) is 0 Å². The number of nitrogens with zero attached hydrogens (tertiary/aromatic N) is 2. The lowest BCUT2D eigenvalue weighted by molar-refractivity contribution is -0.121. The third-order valence-corrected chi connectivity index (χ3v) is 2.60. The summed E-state index contributed by atoms with van der Waals surface area (Å²) >= 11 is 1.54. The van der Waals surface area contributed by atoms with Gasteiger partial charge in [-0.3, -0.25) is 4.79 Å². The van der Waals surface area contributed by atoms with Crippen molar-refractivity contribution in [2.24, 2.45) is 0 Å². The summed E-state index contributed by atoms with van der Waals surface area (Å²) in [6.45, 7) is 4.32. The highest BCUT2D eigenvalue weighted by Gasteiger charge is 2.11. The van der Waals surface area contributed by atoms with Crippen molar-refractivity contribution in [2.45, 2.75) is 24.9 Å². The van der Waals surface area contributed by atoms with Gasteiger partial charge in [0, 0.05) is 12.6 Å². The van der Waals surface area contributed by atoms with E-state index in [1.807, 2.05) is 19.2 Å². The molecule has 0 bridgehead atoms. The second-order valence-electron chi connectivity index (χ2n) is 3.21. The number of aromatic nitrogens is 2. The Labute approximate surface area is 99.4 Å². The van der Waals surface area contributed by atoms with Gasteiger partial charge in [-0.1, -0.05) is 0 Å². The molecule has 0 aromatic carbocycles. The van der Waals surface area contributed by atoms with E-state index in [2.05, 4.69) is 20.6 Å². The number of hydrogen-bond donors (Lipinski definition) is 2. The van der Waals surface area contributed by atoms with Crippen LogP contribution in [0.2, 0.25) is 0 Å². The Morgan fingerprint density at radius 3 is 2.94 bits per heavy atom. The zero-order valence-electron chi connectivity index (χ0n) is 9.65. The first-order valence-corrected chi connectivity index (χ1v) is 6.30. The number of hydrogen-bond acceptors (Lipinski definition) is 5. The molecule has 1 amide bonds. The summed E-state index contributed by atoms with van der Waals surface area (Å²) in [4.78, 5) is 19.6. The lowest BCUT2D eigenvalue weighted by atomic mass is 10.3. The summed E-state index contributed by atoms with van der Waals surface area (Å²) in [5, 5.41) is 6.64. The van der Waals surface area contributed by atoms with Gasteiger partial charge in [-0.05, 0) is 20.1 Å². The van der Waals surface area contributed by atoms with Crippen LogP contribution in [-0.4, -0.2) is 34.7 Å². The molecular weight excluding hydrogens is 224 g/mol. The van der Waals surface area contributed by atoms with Crippen molar-refractivity contribution in [2.75, 3.05) is 18.1 Å². The zero-order chi connectivity index (χ0) is 12.0. The number of carbonyl (C=O) groups is 1. The van der Waals surface area contributed by atoms with Crippen LogP contribution in [0.3, 0.4) is 0 Å². The molecule has 0 aliphatic rings. The van der Waals surface area contributed by atoms with E-state index in [-0.39, 0.29) is 11.9 Å². The number of carbonyl (C=O) groups excluding carboxylic acids is 1. The van der Waals surface area contributed by atoms with Crippen LogP contribution in [0.4, 0.5) is 5.82 Å². The molecule has 1 rings (SSSR count). The third-order valence-electron chi connectivity index (χ3n) is 1.96. The maximum Gasteiger partial charge on any atom is 0.242 e. The molecule has 0 saturated heterocycles. The molecule has 0 aliphatic carbocycles. The highest BCUT2D eigenvalue weighted by atomic mass is 32.2. The largest absolute Gasteiger partial charge is 0.358 e. The van der Waals surface area contributed by atoms with Crippen LogP contribution >= 0.6 is 11.8 Å². The molecule has 88 valence electrons. The van der Waals surface area contributed by atoms with Gasteiger partial charge in [0.25, 0.3) is 0 Å². The molecule has 2 N–H and O–H groups in total. The Morgan fingerprint density at radius 2 is 2.31 bits per heavy atom. The van der Waals surface area contributed by atoms with Crippen molar-refractivity contribution < 1.29 is 4.79 Å². The molecule has 5 nitrogen and oxygen atoms in total. The first-order valence-electron chi connectivity index (χ1n) is 5.07. The summed E-state index contributed by atoms with van der Waals surface area (Å²) in [6, 6.07) is 1.52. The lowest BCUT2D eigenvalue weighted by Crippen LogP contribution is -2.37. The van der Waals surface area contributed by atoms with Crippen LogP contribution in [0.1, 0.15) is 13.8 Å². The molecule has 0 radical (unpaired) electrons. The van der Waals surface area contributed by atoms with Gasteiger partial charge in [-0.25, -0.2) is 9.97 Å². The van der Waals surface area contributed by atoms with Crippen LogP contribution in [0.5, 0.6) is 0 Å². The highest BCUT2D eigenvalue weighted by molar-refractivity contribution is 7.98. The molecule has 0 saturated carbocycles. The average Bonchev–Trinajstić information content (AvgIpc) is 2.29. The Hall–Kier alpha value is -1.30. The number of likely N-dealkylation sites (N-methyl/N-ethyl adjacent to an activating group) is 1. The number of nitrogens with one attached hydrogen (secondary N) is 2. The summed E-state index contributed by atoms with van der Waals surface area (Å²) in [5.74, 6) is 0.630. The fourth-order valence-electron chi connectivity index (χ4n) is 1.14. The van der Waals surface area contributed by atoms with E-state index in [9.17, 15) is 4.79 Å². The predicted molar refractivity (Wildman–Crippen MR) is 65.6 cm³/mol. The standard InChI is InChI=1S/C10H16N4OS/c1-4-11-10(15)7(2)14-8-5-9(16-3)13-6-12-8/h5-7H,4H2,1-3H3,(H,11,15)(H,12,13,14). The normalized spacial score (nSPS) is 11.9. The topological polar surface area (TPSA) is 66.9 Å². The molecule has 1 aromatic heterocycles. The zero-order valence-corrected chi connectivity index (χ0v) is 10.5. The second kappa shape index (κ2) is 6.32. The van der Waals surface area contributed by atoms with E-state index >= 15 is 0 Å². The Bertz CT molecular complexity index is 358. The summed E-state index contributed by atoms with van der Waals surface area (Å²) in [7, 11) is 0. The van der Waals surface area contributed by atoms with Crippen molar-refractivity contribution in [3.05, 3.63) is 12.4 Å². The Morgan fingerprint density at radius 1 is 1.56 bits per heavy atom. The van der Waals surface area contributed by atoms with Crippen molar-refractivity contribution in [1.82, 2.24) is 15.3 Å². The van der Waals surface area contributed by atoms with E-state index < -0.39 is 0 Å². The monoisotopic (exact) mass is 240 g/mol. The molecule has 1 unspecified atom stereocenters. The van der Waals surface area contributed by atoms with Crippen LogP contribution in [-0.2, 0) is 4.79 Å². The van der Waals surface area contributed by atoms with Gasteiger partial charge in [0.2, 0.25) is 5.91 Å². The predicted octanol–water partition coefficient (Wildman–Crippen LogP) is 1.14. The van der Waals surface area contributed by atoms with Gasteiger partial charge in [-0.2, -0.15) is 0 Å². The minimum absolute atomic E-state index is 0.0354. The van der Waals surface area contributed by atoms with E-state index in [1.54, 1.807) is 6.92 Å². The number of rotatable bonds is 5. The van der Waals surface area contributed by atoms with Gasteiger partial charge in [0.1, 0.15) is 23.2 Å².